The summed E-state index contributed by atoms with van der Waals surface area (Å²) in [4.78, 5) is 28.6. The second-order valence-electron chi connectivity index (χ2n) is 7.84. The molecule has 6 nitrogen and oxygen atoms in total. The van der Waals surface area contributed by atoms with Crippen molar-refractivity contribution in [2.24, 2.45) is 0 Å². The van der Waals surface area contributed by atoms with E-state index in [9.17, 15) is 9.59 Å². The lowest BCUT2D eigenvalue weighted by Gasteiger charge is -2.26. The minimum Gasteiger partial charge on any atom is -0.378 e. The van der Waals surface area contributed by atoms with Gasteiger partial charge in [-0.2, -0.15) is 0 Å². The maximum atomic E-state index is 12.3. The molecule has 0 heterocycles. The summed E-state index contributed by atoms with van der Waals surface area (Å²) in [5, 5.41) is 5.70. The molecule has 1 aliphatic carbocycles. The van der Waals surface area contributed by atoms with Crippen molar-refractivity contribution in [3.8, 4) is 0 Å². The van der Waals surface area contributed by atoms with Crippen molar-refractivity contribution in [3.05, 3.63) is 29.8 Å². The van der Waals surface area contributed by atoms with Crippen LogP contribution in [0.4, 0.5) is 5.69 Å². The van der Waals surface area contributed by atoms with Gasteiger partial charge in [-0.25, -0.2) is 0 Å². The first kappa shape index (κ1) is 21.2. The fourth-order valence-electron chi connectivity index (χ4n) is 3.54. The molecular formula is C21H34N4O2. The first-order chi connectivity index (χ1) is 12.9. The molecule has 1 aliphatic rings. The smallest absolute Gasteiger partial charge is 0.309 e. The summed E-state index contributed by atoms with van der Waals surface area (Å²) < 4.78 is 0. The van der Waals surface area contributed by atoms with E-state index in [2.05, 4.69) is 34.9 Å². The van der Waals surface area contributed by atoms with E-state index in [-0.39, 0.29) is 12.1 Å². The zero-order chi connectivity index (χ0) is 19.8. The predicted molar refractivity (Wildman–Crippen MR) is 110 cm³/mol. The molecule has 1 fully saturated rings. The number of hydrogen-bond acceptors (Lipinski definition) is 4. The van der Waals surface area contributed by atoms with E-state index >= 15 is 0 Å². The molecule has 2 rings (SSSR count). The van der Waals surface area contributed by atoms with Crippen molar-refractivity contribution < 1.29 is 9.59 Å². The van der Waals surface area contributed by atoms with E-state index < -0.39 is 11.8 Å². The molecule has 0 radical (unpaired) electrons. The van der Waals surface area contributed by atoms with Crippen LogP contribution in [0.3, 0.4) is 0 Å². The van der Waals surface area contributed by atoms with Crippen LogP contribution in [0.2, 0.25) is 0 Å². The monoisotopic (exact) mass is 374 g/mol. The van der Waals surface area contributed by atoms with Crippen LogP contribution in [0.5, 0.6) is 0 Å². The molecule has 27 heavy (non-hydrogen) atoms. The summed E-state index contributed by atoms with van der Waals surface area (Å²) in [7, 11) is 7.96. The second-order valence-corrected chi connectivity index (χ2v) is 7.84. The minimum absolute atomic E-state index is 0.0100. The summed E-state index contributed by atoms with van der Waals surface area (Å²) >= 11 is 0. The van der Waals surface area contributed by atoms with E-state index in [1.165, 1.54) is 12.8 Å². The Balaban J connectivity index is 1.90. The van der Waals surface area contributed by atoms with Crippen LogP contribution in [0, 0.1) is 0 Å². The molecule has 1 atom stereocenters. The van der Waals surface area contributed by atoms with Gasteiger partial charge in [-0.05, 0) is 44.6 Å². The standard InChI is InChI=1S/C21H34N4O2/c1-24(2)18-13-11-16(12-14-18)19(25(3)4)15-22-20(26)21(27)23-17-9-7-5-6-8-10-17/h11-14,17,19H,5-10,15H2,1-4H3,(H,22,26)(H,23,27)/t19-/m1/s1. The first-order valence-corrected chi connectivity index (χ1v) is 9.91. The fraction of sp³-hybridized carbons (Fsp3) is 0.619. The Morgan fingerprint density at radius 1 is 0.963 bits per heavy atom. The van der Waals surface area contributed by atoms with Gasteiger partial charge >= 0.3 is 11.8 Å². The van der Waals surface area contributed by atoms with Crippen molar-refractivity contribution >= 4 is 17.5 Å². The van der Waals surface area contributed by atoms with Crippen LogP contribution < -0.4 is 15.5 Å². The number of nitrogens with zero attached hydrogens (tertiary/aromatic N) is 2. The molecule has 0 unspecified atom stereocenters. The molecule has 0 aliphatic heterocycles. The summed E-state index contributed by atoms with van der Waals surface area (Å²) in [5.74, 6) is -1.06. The topological polar surface area (TPSA) is 64.7 Å². The summed E-state index contributed by atoms with van der Waals surface area (Å²) in [6.45, 7) is 0.394. The maximum absolute atomic E-state index is 12.3. The van der Waals surface area contributed by atoms with Gasteiger partial charge in [0.1, 0.15) is 0 Å². The number of carbonyl (C=O) groups excluding carboxylic acids is 2. The maximum Gasteiger partial charge on any atom is 0.309 e. The normalized spacial score (nSPS) is 16.5. The number of rotatable bonds is 6. The third kappa shape index (κ3) is 6.54. The number of anilines is 1. The van der Waals surface area contributed by atoms with Crippen LogP contribution in [0.25, 0.3) is 0 Å². The number of likely N-dealkylation sites (N-methyl/N-ethyl adjacent to an activating group) is 1. The van der Waals surface area contributed by atoms with Crippen molar-refractivity contribution in [3.63, 3.8) is 0 Å². The van der Waals surface area contributed by atoms with Crippen LogP contribution in [-0.2, 0) is 9.59 Å². The molecule has 0 aromatic heterocycles. The number of amides is 2. The Morgan fingerprint density at radius 3 is 2.07 bits per heavy atom. The van der Waals surface area contributed by atoms with Gasteiger partial charge in [0, 0.05) is 32.4 Å². The molecule has 0 bridgehead atoms. The van der Waals surface area contributed by atoms with E-state index in [1.807, 2.05) is 38.0 Å². The largest absolute Gasteiger partial charge is 0.378 e. The molecule has 1 aromatic rings. The Hall–Kier alpha value is -2.08. The number of carbonyl (C=O) groups is 2. The van der Waals surface area contributed by atoms with Gasteiger partial charge in [-0.3, -0.25) is 9.59 Å². The van der Waals surface area contributed by atoms with Crippen molar-refractivity contribution in [2.45, 2.75) is 50.6 Å². The minimum atomic E-state index is -0.545. The Labute approximate surface area is 163 Å². The number of nitrogens with one attached hydrogen (secondary N) is 2. The third-order valence-electron chi connectivity index (χ3n) is 5.27. The van der Waals surface area contributed by atoms with Crippen molar-refractivity contribution in [1.82, 2.24) is 15.5 Å². The number of hydrogen-bond donors (Lipinski definition) is 2. The van der Waals surface area contributed by atoms with E-state index in [1.54, 1.807) is 0 Å². The van der Waals surface area contributed by atoms with E-state index in [0.717, 1.165) is 36.9 Å². The molecule has 6 heteroatoms. The second kappa shape index (κ2) is 10.3. The zero-order valence-electron chi connectivity index (χ0n) is 17.1. The first-order valence-electron chi connectivity index (χ1n) is 9.91. The molecule has 2 N–H and O–H groups in total. The highest BCUT2D eigenvalue weighted by atomic mass is 16.2. The quantitative estimate of drug-likeness (QED) is 0.592. The molecule has 1 aromatic carbocycles. The van der Waals surface area contributed by atoms with Gasteiger partial charge in [0.25, 0.3) is 0 Å². The number of benzene rings is 1. The lowest BCUT2D eigenvalue weighted by Crippen LogP contribution is -2.46. The molecule has 150 valence electrons. The highest BCUT2D eigenvalue weighted by Crippen LogP contribution is 2.21. The van der Waals surface area contributed by atoms with Gasteiger partial charge in [0.05, 0.1) is 6.04 Å². The van der Waals surface area contributed by atoms with Crippen molar-refractivity contribution in [2.75, 3.05) is 39.6 Å². The molecule has 0 saturated heterocycles. The molecule has 2 amide bonds. The van der Waals surface area contributed by atoms with Crippen LogP contribution in [0.15, 0.2) is 24.3 Å². The highest BCUT2D eigenvalue weighted by molar-refractivity contribution is 6.35. The van der Waals surface area contributed by atoms with Gasteiger partial charge in [0.2, 0.25) is 0 Å². The fourth-order valence-corrected chi connectivity index (χ4v) is 3.54. The van der Waals surface area contributed by atoms with Crippen LogP contribution in [-0.4, -0.2) is 57.5 Å². The van der Waals surface area contributed by atoms with Crippen LogP contribution >= 0.6 is 0 Å². The average Bonchev–Trinajstić information content (AvgIpc) is 2.90. The van der Waals surface area contributed by atoms with E-state index in [4.69, 9.17) is 0 Å². The lowest BCUT2D eigenvalue weighted by molar-refractivity contribution is -0.139. The SMILES string of the molecule is CN(C)c1ccc([C@@H](CNC(=O)C(=O)NC2CCCCCC2)N(C)C)cc1. The zero-order valence-corrected chi connectivity index (χ0v) is 17.1. The Kier molecular flexibility index (Phi) is 8.10. The third-order valence-corrected chi connectivity index (χ3v) is 5.27. The summed E-state index contributed by atoms with van der Waals surface area (Å²) in [6.07, 6.45) is 6.62. The average molecular weight is 375 g/mol. The molecular weight excluding hydrogens is 340 g/mol. The van der Waals surface area contributed by atoms with Gasteiger partial charge < -0.3 is 20.4 Å². The summed E-state index contributed by atoms with van der Waals surface area (Å²) in [5.41, 5.74) is 2.23. The molecule has 0 spiro atoms. The summed E-state index contributed by atoms with van der Waals surface area (Å²) in [6, 6.07) is 8.40. The highest BCUT2D eigenvalue weighted by Gasteiger charge is 2.21. The lowest BCUT2D eigenvalue weighted by atomic mass is 10.1. The van der Waals surface area contributed by atoms with Crippen LogP contribution in [0.1, 0.15) is 50.1 Å². The van der Waals surface area contributed by atoms with Gasteiger partial charge in [0.15, 0.2) is 0 Å². The Bertz CT molecular complexity index is 605. The van der Waals surface area contributed by atoms with Gasteiger partial charge in [-0.1, -0.05) is 37.8 Å². The van der Waals surface area contributed by atoms with Crippen molar-refractivity contribution in [1.29, 1.82) is 0 Å². The predicted octanol–water partition coefficient (Wildman–Crippen LogP) is 2.31. The van der Waals surface area contributed by atoms with Gasteiger partial charge in [-0.15, -0.1) is 0 Å². The molecule has 1 saturated carbocycles. The van der Waals surface area contributed by atoms with E-state index in [0.29, 0.717) is 6.54 Å². The Morgan fingerprint density at radius 2 is 1.56 bits per heavy atom.